The van der Waals surface area contributed by atoms with Crippen LogP contribution in [0, 0.1) is 0 Å². The van der Waals surface area contributed by atoms with Gasteiger partial charge in [0.15, 0.2) is 5.85 Å². The summed E-state index contributed by atoms with van der Waals surface area (Å²) in [5, 5.41) is 20.4. The van der Waals surface area contributed by atoms with Gasteiger partial charge in [-0.3, -0.25) is 4.79 Å². The Hall–Kier alpha value is -0.710. The first kappa shape index (κ1) is 30.5. The molecule has 0 fully saturated rings. The van der Waals surface area contributed by atoms with Gasteiger partial charge in [0, 0.05) is 6.42 Å². The topological polar surface area (TPSA) is 104 Å². The fraction of sp³-hybridized carbons (Fsp3) is 0.955. The summed E-state index contributed by atoms with van der Waals surface area (Å²) in [6, 6.07) is -0.0436. The van der Waals surface area contributed by atoms with Crippen LogP contribution in [-0.2, 0) is 13.9 Å². The number of nitrogens with one attached hydrogen (secondary N) is 1. The van der Waals surface area contributed by atoms with E-state index in [2.05, 4.69) is 19.2 Å². The van der Waals surface area contributed by atoms with Crippen LogP contribution in [0.5, 0.6) is 0 Å². The molecule has 0 bridgehead atoms. The van der Waals surface area contributed by atoms with Crippen LogP contribution in [0.2, 0.25) is 0 Å². The van der Waals surface area contributed by atoms with Crippen molar-refractivity contribution >= 4 is 13.6 Å². The second kappa shape index (κ2) is 23.6. The molecule has 0 radical (unpaired) electrons. The Morgan fingerprint density at radius 1 is 0.828 bits per heavy atom. The van der Waals surface area contributed by atoms with E-state index >= 15 is 0 Å². The Morgan fingerprint density at radius 3 is 1.66 bits per heavy atom. The van der Waals surface area contributed by atoms with Crippen LogP contribution >= 0.6 is 7.68 Å². The summed E-state index contributed by atoms with van der Waals surface area (Å²) in [5.74, 6) is -1.08. The highest BCUT2D eigenvalue weighted by Gasteiger charge is 2.10. The molecule has 29 heavy (non-hydrogen) atoms. The van der Waals surface area contributed by atoms with Gasteiger partial charge < -0.3 is 15.5 Å². The standard InChI is InChI=1S/C20H41NO2.C2H5O3P/c1-3-5-7-9-10-11-12-13-15-17-20(23)21-19(18-22)16-14-8-6-4-2;1-2(3)6(4)5/h19,22H,3-18H2,1-2H3,(H,21,23);2-3H,1H3. The average Bonchev–Trinajstić information content (AvgIpc) is 2.69. The number of unbranched alkanes of at least 4 members (excludes halogenated alkanes) is 11. The maximum Gasteiger partial charge on any atom is 0.344 e. The quantitative estimate of drug-likeness (QED) is 0.185. The lowest BCUT2D eigenvalue weighted by Gasteiger charge is -2.16. The maximum absolute atomic E-state index is 11.9. The van der Waals surface area contributed by atoms with Gasteiger partial charge in [-0.2, -0.15) is 0 Å². The molecule has 7 heteroatoms. The Kier molecular flexibility index (Phi) is 24.8. The van der Waals surface area contributed by atoms with E-state index in [1.54, 1.807) is 0 Å². The third-order valence-electron chi connectivity index (χ3n) is 4.80. The molecule has 0 heterocycles. The molecule has 1 amide bonds. The molecular weight excluding hydrogens is 389 g/mol. The largest absolute Gasteiger partial charge is 0.394 e. The zero-order chi connectivity index (χ0) is 22.3. The van der Waals surface area contributed by atoms with Crippen molar-refractivity contribution < 1.29 is 24.1 Å². The van der Waals surface area contributed by atoms with Gasteiger partial charge in [0.25, 0.3) is 0 Å². The Morgan fingerprint density at radius 2 is 1.24 bits per heavy atom. The summed E-state index contributed by atoms with van der Waals surface area (Å²) in [6.07, 6.45) is 17.7. The molecule has 0 aromatic heterocycles. The van der Waals surface area contributed by atoms with E-state index in [1.165, 1.54) is 71.1 Å². The summed E-state index contributed by atoms with van der Waals surface area (Å²) < 4.78 is 19.0. The molecule has 0 spiro atoms. The van der Waals surface area contributed by atoms with E-state index in [0.717, 1.165) is 25.7 Å². The smallest absolute Gasteiger partial charge is 0.344 e. The monoisotopic (exact) mass is 435 g/mol. The van der Waals surface area contributed by atoms with Crippen LogP contribution in [-0.4, -0.2) is 34.6 Å². The molecule has 0 aliphatic rings. The summed E-state index contributed by atoms with van der Waals surface area (Å²) in [6.45, 7) is 5.70. The van der Waals surface area contributed by atoms with Gasteiger partial charge in [-0.05, 0) is 19.8 Å². The van der Waals surface area contributed by atoms with Crippen LogP contribution in [0.25, 0.3) is 0 Å². The summed E-state index contributed by atoms with van der Waals surface area (Å²) in [5.41, 5.74) is 0. The Labute approximate surface area is 179 Å². The lowest BCUT2D eigenvalue weighted by Crippen LogP contribution is -2.37. The first-order chi connectivity index (χ1) is 13.9. The summed E-state index contributed by atoms with van der Waals surface area (Å²) in [7, 11) is -2.60. The van der Waals surface area contributed by atoms with Crippen molar-refractivity contribution in [3.05, 3.63) is 0 Å². The number of carbonyl (C=O) groups is 1. The lowest BCUT2D eigenvalue weighted by atomic mass is 10.1. The fourth-order valence-electron chi connectivity index (χ4n) is 2.92. The zero-order valence-corrected chi connectivity index (χ0v) is 19.9. The van der Waals surface area contributed by atoms with Gasteiger partial charge in [-0.25, -0.2) is 9.13 Å². The van der Waals surface area contributed by atoms with Gasteiger partial charge in [0.2, 0.25) is 5.91 Å². The fourth-order valence-corrected chi connectivity index (χ4v) is 2.92. The second-order valence-electron chi connectivity index (χ2n) is 7.79. The van der Waals surface area contributed by atoms with Crippen LogP contribution in [0.1, 0.15) is 117 Å². The maximum atomic E-state index is 11.9. The third-order valence-corrected chi connectivity index (χ3v) is 5.41. The minimum atomic E-state index is -2.60. The van der Waals surface area contributed by atoms with Gasteiger partial charge in [0.05, 0.1) is 12.6 Å². The van der Waals surface area contributed by atoms with Crippen molar-refractivity contribution in [2.45, 2.75) is 129 Å². The van der Waals surface area contributed by atoms with Crippen molar-refractivity contribution in [1.82, 2.24) is 5.32 Å². The number of aliphatic hydroxyl groups excluding tert-OH is 2. The first-order valence-corrected chi connectivity index (χ1v) is 12.8. The van der Waals surface area contributed by atoms with Crippen LogP contribution < -0.4 is 5.32 Å². The Bertz CT molecular complexity index is 419. The number of amides is 1. The molecule has 0 aromatic carbocycles. The Balaban J connectivity index is 0. The van der Waals surface area contributed by atoms with E-state index in [4.69, 9.17) is 5.11 Å². The van der Waals surface area contributed by atoms with Gasteiger partial charge in [0.1, 0.15) is 0 Å². The summed E-state index contributed by atoms with van der Waals surface area (Å²) >= 11 is 0. The third kappa shape index (κ3) is 25.3. The molecule has 6 nitrogen and oxygen atoms in total. The highest BCUT2D eigenvalue weighted by Crippen LogP contribution is 2.11. The molecule has 3 N–H and O–H groups in total. The summed E-state index contributed by atoms with van der Waals surface area (Å²) in [4.78, 5) is 11.9. The SMILES string of the molecule is CC(O)P(=O)=O.CCCCCCCCCCCC(=O)NC(CO)CCCCCC. The molecular formula is C22H46NO5P. The van der Waals surface area contributed by atoms with E-state index < -0.39 is 13.5 Å². The molecule has 2 atom stereocenters. The molecule has 0 rings (SSSR count). The predicted molar refractivity (Wildman–Crippen MR) is 120 cm³/mol. The van der Waals surface area contributed by atoms with Crippen molar-refractivity contribution in [3.8, 4) is 0 Å². The highest BCUT2D eigenvalue weighted by molar-refractivity contribution is 7.31. The van der Waals surface area contributed by atoms with Crippen LogP contribution in [0.15, 0.2) is 0 Å². The van der Waals surface area contributed by atoms with Crippen molar-refractivity contribution in [2.75, 3.05) is 6.61 Å². The first-order valence-electron chi connectivity index (χ1n) is 11.6. The normalized spacial score (nSPS) is 12.6. The predicted octanol–water partition coefficient (Wildman–Crippen LogP) is 5.85. The molecule has 174 valence electrons. The molecule has 0 aliphatic heterocycles. The number of carbonyl (C=O) groups excluding carboxylic acids is 1. The highest BCUT2D eigenvalue weighted by atomic mass is 31.1. The average molecular weight is 436 g/mol. The van der Waals surface area contributed by atoms with Crippen molar-refractivity contribution in [2.24, 2.45) is 0 Å². The van der Waals surface area contributed by atoms with Gasteiger partial charge in [-0.1, -0.05) is 90.9 Å². The van der Waals surface area contributed by atoms with E-state index in [9.17, 15) is 19.0 Å². The number of aliphatic hydroxyl groups is 2. The molecule has 0 aromatic rings. The van der Waals surface area contributed by atoms with Crippen molar-refractivity contribution in [3.63, 3.8) is 0 Å². The lowest BCUT2D eigenvalue weighted by molar-refractivity contribution is -0.122. The minimum absolute atomic E-state index is 0.0436. The van der Waals surface area contributed by atoms with Gasteiger partial charge in [-0.15, -0.1) is 0 Å². The number of hydrogen-bond donors (Lipinski definition) is 3. The second-order valence-corrected chi connectivity index (χ2v) is 9.11. The van der Waals surface area contributed by atoms with E-state index in [-0.39, 0.29) is 18.6 Å². The van der Waals surface area contributed by atoms with Gasteiger partial charge >= 0.3 is 7.68 Å². The van der Waals surface area contributed by atoms with Crippen LogP contribution in [0.4, 0.5) is 0 Å². The molecule has 0 saturated carbocycles. The number of rotatable bonds is 18. The molecule has 2 unspecified atom stereocenters. The van der Waals surface area contributed by atoms with Crippen LogP contribution in [0.3, 0.4) is 0 Å². The molecule has 0 saturated heterocycles. The van der Waals surface area contributed by atoms with Crippen molar-refractivity contribution in [1.29, 1.82) is 0 Å². The molecule has 0 aliphatic carbocycles. The van der Waals surface area contributed by atoms with E-state index in [0.29, 0.717) is 6.42 Å². The number of hydrogen-bond acceptors (Lipinski definition) is 5. The minimum Gasteiger partial charge on any atom is -0.394 e. The zero-order valence-electron chi connectivity index (χ0n) is 19.0. The van der Waals surface area contributed by atoms with E-state index in [1.807, 2.05) is 0 Å².